The van der Waals surface area contributed by atoms with Crippen LogP contribution in [0.5, 0.6) is 0 Å². The molecule has 2 aromatic heterocycles. The number of aromatic nitrogens is 4. The highest BCUT2D eigenvalue weighted by Gasteiger charge is 2.35. The van der Waals surface area contributed by atoms with Gasteiger partial charge in [0.1, 0.15) is 17.9 Å². The van der Waals surface area contributed by atoms with Gasteiger partial charge in [0, 0.05) is 9.11 Å². The number of fused-ring (bicyclic) bond motifs is 1. The fourth-order valence-electron chi connectivity index (χ4n) is 1.64. The molecule has 0 saturated carbocycles. The van der Waals surface area contributed by atoms with Crippen molar-refractivity contribution in [1.82, 2.24) is 19.5 Å². The van der Waals surface area contributed by atoms with Crippen molar-refractivity contribution in [3.8, 4) is 0 Å². The number of nitrogen functional groups attached to an aromatic ring is 1. The lowest BCUT2D eigenvalue weighted by Gasteiger charge is -2.16. The van der Waals surface area contributed by atoms with Gasteiger partial charge >= 0.3 is 0 Å². The number of hydrogen-bond acceptors (Lipinski definition) is 7. The first-order chi connectivity index (χ1) is 12.0. The molecule has 0 aliphatic carbocycles. The van der Waals surface area contributed by atoms with Gasteiger partial charge in [-0.2, -0.15) is 0 Å². The smallest absolute Gasteiger partial charge is 0.211 e. The fraction of sp³-hybridized carbons (Fsp3) is 0.500. The van der Waals surface area contributed by atoms with Gasteiger partial charge in [-0.15, -0.1) is 0 Å². The third-order valence-electron chi connectivity index (χ3n) is 2.42. The van der Waals surface area contributed by atoms with E-state index in [9.17, 15) is 0 Å². The summed E-state index contributed by atoms with van der Waals surface area (Å²) in [5.41, 5.74) is 5.75. The average molecular weight is 259 g/mol. The van der Waals surface area contributed by atoms with E-state index in [1.54, 1.807) is 0 Å². The zero-order valence-electron chi connectivity index (χ0n) is 16.8. The lowest BCUT2D eigenvalue weighted by Crippen LogP contribution is -2.19. The van der Waals surface area contributed by atoms with Crippen LogP contribution in [0.3, 0.4) is 0 Å². The van der Waals surface area contributed by atoms with Gasteiger partial charge in [0.2, 0.25) is 2.86 Å². The lowest BCUT2D eigenvalue weighted by atomic mass is 10.2. The second-order valence-corrected chi connectivity index (χ2v) is 3.47. The summed E-state index contributed by atoms with van der Waals surface area (Å²) in [4.78, 5) is 11.6. The fourth-order valence-corrected chi connectivity index (χ4v) is 1.64. The summed E-state index contributed by atoms with van der Waals surface area (Å²) in [6.07, 6.45) is -9.17. The third kappa shape index (κ3) is 1.62. The van der Waals surface area contributed by atoms with E-state index in [1.807, 2.05) is 0 Å². The van der Waals surface area contributed by atoms with Gasteiger partial charge in [0.05, 0.1) is 24.4 Å². The number of nitrogens with zero attached hydrogens (tertiary/aromatic N) is 4. The monoisotopic (exact) mass is 259 g/mol. The molecular weight excluding hydrogens is 238 g/mol. The minimum atomic E-state index is -3.31. The van der Waals surface area contributed by atoms with Gasteiger partial charge in [-0.25, -0.2) is 15.0 Å². The summed E-state index contributed by atoms with van der Waals surface area (Å²) in [6, 6.07) is 0. The standard InChI is InChI=1S/C10H13N5O3/c11-8-7-9(13-3-12-8)15(4-14-7)10-6(17)1-5(2-16)18-10/h3-6,10,16-17H,1-2H2,(H2,11,12,13)/t5-,6+,10+/m0/s1/i1D2,2D2,5D,6D,16D,17D. The first-order valence-corrected chi connectivity index (χ1v) is 4.86. The Morgan fingerprint density at radius 2 is 2.67 bits per heavy atom. The van der Waals surface area contributed by atoms with E-state index in [2.05, 4.69) is 25.2 Å². The van der Waals surface area contributed by atoms with E-state index in [1.165, 1.54) is 0 Å². The van der Waals surface area contributed by atoms with E-state index in [4.69, 9.17) is 21.6 Å². The number of aliphatic hydroxyl groups is 2. The van der Waals surface area contributed by atoms with Crippen molar-refractivity contribution in [2.75, 3.05) is 12.3 Å². The Kier molecular flexibility index (Phi) is 1.26. The van der Waals surface area contributed by atoms with Gasteiger partial charge in [-0.3, -0.25) is 4.57 Å². The summed E-state index contributed by atoms with van der Waals surface area (Å²) < 4.78 is 67.9. The quantitative estimate of drug-likeness (QED) is 0.647. The van der Waals surface area contributed by atoms with Crippen LogP contribution in [0.1, 0.15) is 20.8 Å². The van der Waals surface area contributed by atoms with E-state index in [0.717, 1.165) is 17.2 Å². The molecule has 1 saturated heterocycles. The SMILES string of the molecule is [2H]OC([2H])([2H])[C@@]1([2H])O[C@@H](n2cnc3c(N)ncnc32)[C@]([2H])(O[2H])C1([2H])[2H]. The number of imidazole rings is 1. The summed E-state index contributed by atoms with van der Waals surface area (Å²) in [5, 5.41) is 8.09. The number of ether oxygens (including phenoxy) is 1. The first kappa shape index (κ1) is 5.47. The summed E-state index contributed by atoms with van der Waals surface area (Å²) in [6.45, 7) is -3.31. The van der Waals surface area contributed by atoms with E-state index in [-0.39, 0.29) is 17.0 Å². The van der Waals surface area contributed by atoms with Crippen LogP contribution in [0, 0.1) is 0 Å². The van der Waals surface area contributed by atoms with Crippen molar-refractivity contribution in [3.05, 3.63) is 12.7 Å². The van der Waals surface area contributed by atoms with Crippen LogP contribution >= 0.6 is 0 Å². The predicted molar refractivity (Wildman–Crippen MR) is 61.4 cm³/mol. The van der Waals surface area contributed by atoms with Crippen LogP contribution in [-0.2, 0) is 4.74 Å². The minimum Gasteiger partial charge on any atom is -0.394 e. The molecule has 0 unspecified atom stereocenters. The molecule has 3 heterocycles. The zero-order valence-corrected chi connectivity index (χ0v) is 8.82. The Hall–Kier alpha value is -1.77. The summed E-state index contributed by atoms with van der Waals surface area (Å²) in [7, 11) is 0. The molecule has 0 aromatic carbocycles. The van der Waals surface area contributed by atoms with Gasteiger partial charge in [-0.1, -0.05) is 0 Å². The largest absolute Gasteiger partial charge is 0.394 e. The molecule has 0 spiro atoms. The highest BCUT2D eigenvalue weighted by atomic mass is 16.5. The molecule has 3 atom stereocenters. The molecule has 3 rings (SSSR count). The second kappa shape index (κ2) is 4.16. The Morgan fingerprint density at radius 1 is 1.72 bits per heavy atom. The number of nitrogens with two attached hydrogens (primary N) is 1. The number of rotatable bonds is 4. The maximum absolute atomic E-state index is 8.27. The first-order valence-electron chi connectivity index (χ1n) is 8.68. The van der Waals surface area contributed by atoms with Crippen molar-refractivity contribution in [2.24, 2.45) is 0 Å². The van der Waals surface area contributed by atoms with Crippen LogP contribution in [0.4, 0.5) is 5.82 Å². The van der Waals surface area contributed by atoms with Crippen molar-refractivity contribution in [3.63, 3.8) is 0 Å². The topological polar surface area (TPSA) is 119 Å². The van der Waals surface area contributed by atoms with Crippen LogP contribution in [0.15, 0.2) is 12.7 Å². The van der Waals surface area contributed by atoms with Gasteiger partial charge in [-0.05, 0) is 0 Å². The second-order valence-electron chi connectivity index (χ2n) is 3.47. The van der Waals surface area contributed by atoms with Crippen molar-refractivity contribution in [1.29, 1.82) is 2.86 Å². The average Bonchev–Trinajstić information content (AvgIpc) is 3.09. The zero-order chi connectivity index (χ0) is 19.5. The molecule has 96 valence electrons. The Labute approximate surface area is 113 Å². The third-order valence-corrected chi connectivity index (χ3v) is 2.42. The van der Waals surface area contributed by atoms with Crippen LogP contribution in [0.25, 0.3) is 11.2 Å². The maximum Gasteiger partial charge on any atom is 0.211 e. The lowest BCUT2D eigenvalue weighted by molar-refractivity contribution is -0.0486. The molecule has 0 amide bonds. The molecular formula is C10H13N5O3. The molecule has 1 aliphatic rings. The van der Waals surface area contributed by atoms with Crippen LogP contribution < -0.4 is 5.73 Å². The molecule has 1 fully saturated rings. The molecule has 8 nitrogen and oxygen atoms in total. The molecule has 0 bridgehead atoms. The summed E-state index contributed by atoms with van der Waals surface area (Å²) in [5.74, 6) is -0.0147. The van der Waals surface area contributed by atoms with E-state index >= 15 is 0 Å². The Bertz CT molecular complexity index is 851. The van der Waals surface area contributed by atoms with Crippen molar-refractivity contribution in [2.45, 2.75) is 24.8 Å². The number of anilines is 1. The highest BCUT2D eigenvalue weighted by Crippen LogP contribution is 2.31. The molecule has 8 heteroatoms. The predicted octanol–water partition coefficient (Wildman–Crippen LogP) is -0.951. The van der Waals surface area contributed by atoms with Gasteiger partial charge in [0.15, 0.2) is 17.7 Å². The molecule has 2 aromatic rings. The van der Waals surface area contributed by atoms with E-state index < -0.39 is 31.3 Å². The highest BCUT2D eigenvalue weighted by molar-refractivity contribution is 5.81. The molecule has 1 aliphatic heterocycles. The molecule has 18 heavy (non-hydrogen) atoms. The van der Waals surface area contributed by atoms with Gasteiger partial charge in [0.25, 0.3) is 0 Å². The molecule has 0 radical (unpaired) electrons. The molecule has 4 N–H and O–H groups in total. The van der Waals surface area contributed by atoms with Crippen molar-refractivity contribution >= 4 is 17.0 Å². The minimum absolute atomic E-state index is 0.0106. The van der Waals surface area contributed by atoms with Crippen molar-refractivity contribution < 1.29 is 23.2 Å². The van der Waals surface area contributed by atoms with Crippen LogP contribution in [0.2, 0.25) is 0 Å². The Balaban J connectivity index is 2.23. The van der Waals surface area contributed by atoms with Crippen LogP contribution in [-0.4, -0.2) is 51.3 Å². The summed E-state index contributed by atoms with van der Waals surface area (Å²) >= 11 is 0. The number of hydrogen-bond donors (Lipinski definition) is 3. The Morgan fingerprint density at radius 3 is 3.50 bits per heavy atom. The normalized spacial score (nSPS) is 46.1. The maximum atomic E-state index is 8.27. The van der Waals surface area contributed by atoms with Gasteiger partial charge < -0.3 is 20.7 Å². The van der Waals surface area contributed by atoms with E-state index in [0.29, 0.717) is 0 Å².